The molecule has 0 bridgehead atoms. The molecule has 0 spiro atoms. The summed E-state index contributed by atoms with van der Waals surface area (Å²) in [7, 11) is 0. The molecule has 3 N–H and O–H groups in total. The van der Waals surface area contributed by atoms with Crippen LogP contribution in [0.25, 0.3) is 0 Å². The molecule has 1 aliphatic heterocycles. The largest absolute Gasteiger partial charge is 0.394 e. The van der Waals surface area contributed by atoms with Crippen LogP contribution in [0, 0.1) is 5.41 Å². The van der Waals surface area contributed by atoms with E-state index in [0.717, 1.165) is 18.5 Å². The molecule has 19 heavy (non-hydrogen) atoms. The standard InChI is InChI=1S/C15H22N2O2/c1-15(7-8-16-11-15)14(19)17-13(10-18)9-12-5-3-2-4-6-12/h2-6,13,16,18H,7-11H2,1H3,(H,17,19)/t13-,15?/m0/s1. The number of amides is 1. The first kappa shape index (κ1) is 14.0. The third-order valence-corrected chi connectivity index (χ3v) is 3.80. The molecule has 1 unspecified atom stereocenters. The van der Waals surface area contributed by atoms with Gasteiger partial charge in [-0.1, -0.05) is 30.3 Å². The predicted molar refractivity (Wildman–Crippen MR) is 74.8 cm³/mol. The summed E-state index contributed by atoms with van der Waals surface area (Å²) in [6.45, 7) is 3.53. The second kappa shape index (κ2) is 6.17. The summed E-state index contributed by atoms with van der Waals surface area (Å²) >= 11 is 0. The molecule has 4 nitrogen and oxygen atoms in total. The van der Waals surface area contributed by atoms with Crippen LogP contribution in [0.3, 0.4) is 0 Å². The number of carbonyl (C=O) groups excluding carboxylic acids is 1. The molecule has 2 atom stereocenters. The van der Waals surface area contributed by atoms with Gasteiger partial charge >= 0.3 is 0 Å². The molecule has 2 rings (SSSR count). The Hall–Kier alpha value is -1.39. The van der Waals surface area contributed by atoms with Gasteiger partial charge < -0.3 is 15.7 Å². The Kier molecular flexibility index (Phi) is 4.56. The smallest absolute Gasteiger partial charge is 0.227 e. The lowest BCUT2D eigenvalue weighted by molar-refractivity contribution is -0.130. The van der Waals surface area contributed by atoms with Crippen molar-refractivity contribution in [1.82, 2.24) is 10.6 Å². The fraction of sp³-hybridized carbons (Fsp3) is 0.533. The van der Waals surface area contributed by atoms with Crippen LogP contribution < -0.4 is 10.6 Å². The highest BCUT2D eigenvalue weighted by Crippen LogP contribution is 2.24. The lowest BCUT2D eigenvalue weighted by atomic mass is 9.88. The van der Waals surface area contributed by atoms with E-state index < -0.39 is 0 Å². The maximum atomic E-state index is 12.3. The fourth-order valence-corrected chi connectivity index (χ4v) is 2.43. The van der Waals surface area contributed by atoms with Gasteiger partial charge in [-0.3, -0.25) is 4.79 Å². The van der Waals surface area contributed by atoms with Crippen LogP contribution in [0.4, 0.5) is 0 Å². The van der Waals surface area contributed by atoms with Crippen molar-refractivity contribution < 1.29 is 9.90 Å². The average Bonchev–Trinajstić information content (AvgIpc) is 2.87. The minimum absolute atomic E-state index is 0.0347. The van der Waals surface area contributed by atoms with Crippen molar-refractivity contribution in [3.05, 3.63) is 35.9 Å². The molecule has 1 heterocycles. The summed E-state index contributed by atoms with van der Waals surface area (Å²) in [6.07, 6.45) is 1.51. The number of rotatable bonds is 5. The zero-order valence-corrected chi connectivity index (χ0v) is 11.4. The lowest BCUT2D eigenvalue weighted by Gasteiger charge is -2.25. The number of hydrogen-bond donors (Lipinski definition) is 3. The maximum absolute atomic E-state index is 12.3. The van der Waals surface area contributed by atoms with Crippen LogP contribution in [0.2, 0.25) is 0 Å². The van der Waals surface area contributed by atoms with Gasteiger partial charge in [0.2, 0.25) is 5.91 Å². The molecule has 1 fully saturated rings. The summed E-state index contributed by atoms with van der Waals surface area (Å²) in [6, 6.07) is 9.69. The molecule has 4 heteroatoms. The topological polar surface area (TPSA) is 61.4 Å². The molecular weight excluding hydrogens is 240 g/mol. The highest BCUT2D eigenvalue weighted by Gasteiger charge is 2.36. The predicted octanol–water partition coefficient (Wildman–Crippen LogP) is 0.706. The van der Waals surface area contributed by atoms with Crippen molar-refractivity contribution in [3.63, 3.8) is 0 Å². The van der Waals surface area contributed by atoms with E-state index in [4.69, 9.17) is 0 Å². The Labute approximate surface area is 114 Å². The molecule has 1 saturated heterocycles. The van der Waals surface area contributed by atoms with Crippen molar-refractivity contribution in [3.8, 4) is 0 Å². The Bertz CT molecular complexity index is 413. The summed E-state index contributed by atoms with van der Waals surface area (Å²) in [5, 5.41) is 15.6. The normalized spacial score (nSPS) is 24.1. The zero-order chi connectivity index (χ0) is 13.7. The molecule has 1 aromatic rings. The second-order valence-corrected chi connectivity index (χ2v) is 5.53. The number of aliphatic hydroxyl groups excluding tert-OH is 1. The molecule has 1 aromatic carbocycles. The Morgan fingerprint density at radius 2 is 2.21 bits per heavy atom. The lowest BCUT2D eigenvalue weighted by Crippen LogP contribution is -2.47. The van der Waals surface area contributed by atoms with Gasteiger partial charge in [-0.2, -0.15) is 0 Å². The van der Waals surface area contributed by atoms with Crippen molar-refractivity contribution in [2.45, 2.75) is 25.8 Å². The molecule has 0 aromatic heterocycles. The van der Waals surface area contributed by atoms with Gasteiger partial charge in [-0.05, 0) is 31.9 Å². The van der Waals surface area contributed by atoms with Crippen LogP contribution >= 0.6 is 0 Å². The number of carbonyl (C=O) groups is 1. The van der Waals surface area contributed by atoms with E-state index in [1.54, 1.807) is 0 Å². The monoisotopic (exact) mass is 262 g/mol. The minimum atomic E-state index is -0.343. The van der Waals surface area contributed by atoms with Crippen LogP contribution in [-0.2, 0) is 11.2 Å². The van der Waals surface area contributed by atoms with Gasteiger partial charge in [-0.15, -0.1) is 0 Å². The second-order valence-electron chi connectivity index (χ2n) is 5.53. The van der Waals surface area contributed by atoms with Crippen molar-refractivity contribution >= 4 is 5.91 Å². The van der Waals surface area contributed by atoms with Crippen LogP contribution in [-0.4, -0.2) is 36.8 Å². The van der Waals surface area contributed by atoms with Gasteiger partial charge in [0.15, 0.2) is 0 Å². The minimum Gasteiger partial charge on any atom is -0.394 e. The number of hydrogen-bond acceptors (Lipinski definition) is 3. The zero-order valence-electron chi connectivity index (χ0n) is 11.4. The SMILES string of the molecule is CC1(C(=O)N[C@H](CO)Cc2ccccc2)CCNC1. The number of nitrogens with one attached hydrogen (secondary N) is 2. The first-order valence-electron chi connectivity index (χ1n) is 6.80. The van der Waals surface area contributed by atoms with E-state index in [2.05, 4.69) is 10.6 Å². The van der Waals surface area contributed by atoms with Gasteiger partial charge in [0.25, 0.3) is 0 Å². The summed E-state index contributed by atoms with van der Waals surface area (Å²) in [5.74, 6) is 0.0347. The molecule has 1 amide bonds. The van der Waals surface area contributed by atoms with Crippen LogP contribution in [0.15, 0.2) is 30.3 Å². The Morgan fingerprint density at radius 3 is 2.79 bits per heavy atom. The van der Waals surface area contributed by atoms with E-state index in [-0.39, 0.29) is 24.0 Å². The van der Waals surface area contributed by atoms with Crippen molar-refractivity contribution in [2.75, 3.05) is 19.7 Å². The molecule has 1 aliphatic rings. The average molecular weight is 262 g/mol. The molecule has 0 aliphatic carbocycles. The number of benzene rings is 1. The molecular formula is C15H22N2O2. The first-order chi connectivity index (χ1) is 9.14. The van der Waals surface area contributed by atoms with Gasteiger partial charge in [0.05, 0.1) is 18.1 Å². The summed E-state index contributed by atoms with van der Waals surface area (Å²) in [5.41, 5.74) is 0.779. The van der Waals surface area contributed by atoms with Gasteiger partial charge in [0, 0.05) is 6.54 Å². The maximum Gasteiger partial charge on any atom is 0.227 e. The van der Waals surface area contributed by atoms with Crippen LogP contribution in [0.5, 0.6) is 0 Å². The summed E-state index contributed by atoms with van der Waals surface area (Å²) < 4.78 is 0. The highest BCUT2D eigenvalue weighted by molar-refractivity contribution is 5.83. The molecule has 104 valence electrons. The van der Waals surface area contributed by atoms with E-state index in [1.807, 2.05) is 37.3 Å². The van der Waals surface area contributed by atoms with E-state index in [0.29, 0.717) is 13.0 Å². The Balaban J connectivity index is 1.94. The van der Waals surface area contributed by atoms with Crippen molar-refractivity contribution in [1.29, 1.82) is 0 Å². The van der Waals surface area contributed by atoms with Crippen molar-refractivity contribution in [2.24, 2.45) is 5.41 Å². The first-order valence-corrected chi connectivity index (χ1v) is 6.80. The third-order valence-electron chi connectivity index (χ3n) is 3.80. The molecule has 0 saturated carbocycles. The van der Waals surface area contributed by atoms with Gasteiger partial charge in [0.1, 0.15) is 0 Å². The quantitative estimate of drug-likeness (QED) is 0.732. The third kappa shape index (κ3) is 3.55. The molecule has 0 radical (unpaired) electrons. The van der Waals surface area contributed by atoms with E-state index >= 15 is 0 Å². The van der Waals surface area contributed by atoms with Gasteiger partial charge in [-0.25, -0.2) is 0 Å². The van der Waals surface area contributed by atoms with E-state index in [9.17, 15) is 9.90 Å². The van der Waals surface area contributed by atoms with E-state index in [1.165, 1.54) is 0 Å². The fourth-order valence-electron chi connectivity index (χ4n) is 2.43. The van der Waals surface area contributed by atoms with Crippen LogP contribution in [0.1, 0.15) is 18.9 Å². The summed E-state index contributed by atoms with van der Waals surface area (Å²) in [4.78, 5) is 12.3. The Morgan fingerprint density at radius 1 is 1.47 bits per heavy atom. The number of aliphatic hydroxyl groups is 1. The highest BCUT2D eigenvalue weighted by atomic mass is 16.3.